The predicted octanol–water partition coefficient (Wildman–Crippen LogP) is 6.02. The van der Waals surface area contributed by atoms with Crippen LogP contribution in [0.5, 0.6) is 0 Å². The number of nitrogens with one attached hydrogen (secondary N) is 1. The number of H-pyrrole nitrogens is 1. The first kappa shape index (κ1) is 17.9. The number of rotatable bonds is 1. The maximum absolute atomic E-state index is 4.28. The summed E-state index contributed by atoms with van der Waals surface area (Å²) in [6.45, 7) is 8.06. The van der Waals surface area contributed by atoms with Gasteiger partial charge in [0.05, 0.1) is 0 Å². The molecule has 24 heavy (non-hydrogen) atoms. The molecule has 0 atom stereocenters. The molecule has 0 spiro atoms. The summed E-state index contributed by atoms with van der Waals surface area (Å²) in [7, 11) is 0. The molecule has 0 saturated carbocycles. The molecular formula is C20H23N3S. The van der Waals surface area contributed by atoms with Gasteiger partial charge in [0, 0.05) is 51.8 Å². The van der Waals surface area contributed by atoms with E-state index in [-0.39, 0.29) is 0 Å². The van der Waals surface area contributed by atoms with Crippen molar-refractivity contribution < 1.29 is 0 Å². The van der Waals surface area contributed by atoms with Crippen molar-refractivity contribution in [2.45, 2.75) is 27.7 Å². The van der Waals surface area contributed by atoms with Gasteiger partial charge in [0.1, 0.15) is 0 Å². The van der Waals surface area contributed by atoms with Gasteiger partial charge in [-0.1, -0.05) is 19.9 Å². The normalized spacial score (nSPS) is 9.67. The Morgan fingerprint density at radius 2 is 1.88 bits per heavy atom. The molecule has 1 N–H and O–H groups in total. The van der Waals surface area contributed by atoms with Crippen molar-refractivity contribution in [2.75, 3.05) is 0 Å². The van der Waals surface area contributed by atoms with Crippen LogP contribution in [0.4, 0.5) is 0 Å². The molecule has 3 nitrogen and oxygen atoms in total. The molecule has 0 bridgehead atoms. The van der Waals surface area contributed by atoms with Crippen LogP contribution >= 0.6 is 11.3 Å². The summed E-state index contributed by atoms with van der Waals surface area (Å²) in [6, 6.07) is 10.2. The van der Waals surface area contributed by atoms with Gasteiger partial charge in [-0.2, -0.15) is 11.3 Å². The van der Waals surface area contributed by atoms with Gasteiger partial charge in [0.15, 0.2) is 0 Å². The van der Waals surface area contributed by atoms with Crippen molar-refractivity contribution in [3.63, 3.8) is 0 Å². The van der Waals surface area contributed by atoms with Crippen LogP contribution < -0.4 is 0 Å². The highest BCUT2D eigenvalue weighted by Gasteiger charge is 2.05. The highest BCUT2D eigenvalue weighted by atomic mass is 32.1. The summed E-state index contributed by atoms with van der Waals surface area (Å²) in [6.07, 6.45) is 5.44. The van der Waals surface area contributed by atoms with Crippen molar-refractivity contribution in [1.82, 2.24) is 15.0 Å². The minimum atomic E-state index is 1.07. The van der Waals surface area contributed by atoms with Gasteiger partial charge in [0.2, 0.25) is 0 Å². The molecule has 0 aliphatic heterocycles. The summed E-state index contributed by atoms with van der Waals surface area (Å²) in [5.74, 6) is 0. The Hall–Kier alpha value is -2.46. The maximum atomic E-state index is 4.28. The van der Waals surface area contributed by atoms with E-state index in [1.807, 2.05) is 58.3 Å². The Bertz CT molecular complexity index is 849. The Balaban J connectivity index is 0.000000196. The summed E-state index contributed by atoms with van der Waals surface area (Å²) < 4.78 is 0. The standard InChI is InChI=1S/C12H10N2S.C6H7N.C2H6/c1-8-10-6-12(9-3-5-15-7-9)14-11(10)2-4-13-8;1-6-3-2-4-7-5-6;1-2/h2-7,14H,1H3;2-5H,1H3;1-2H3. The van der Waals surface area contributed by atoms with E-state index in [1.54, 1.807) is 17.5 Å². The summed E-state index contributed by atoms with van der Waals surface area (Å²) >= 11 is 1.71. The average molecular weight is 337 g/mol. The van der Waals surface area contributed by atoms with Crippen LogP contribution in [0.15, 0.2) is 59.7 Å². The molecule has 0 aliphatic rings. The fraction of sp³-hybridized carbons (Fsp3) is 0.200. The lowest BCUT2D eigenvalue weighted by Crippen LogP contribution is -1.78. The number of hydrogen-bond acceptors (Lipinski definition) is 3. The molecule has 4 heteroatoms. The highest BCUT2D eigenvalue weighted by Crippen LogP contribution is 2.26. The summed E-state index contributed by atoms with van der Waals surface area (Å²) in [4.78, 5) is 11.6. The zero-order valence-corrected chi connectivity index (χ0v) is 15.4. The quantitative estimate of drug-likeness (QED) is 0.461. The monoisotopic (exact) mass is 337 g/mol. The second-order valence-electron chi connectivity index (χ2n) is 5.08. The molecule has 0 amide bonds. The Morgan fingerprint density at radius 1 is 1.04 bits per heavy atom. The van der Waals surface area contributed by atoms with Crippen molar-refractivity contribution in [1.29, 1.82) is 0 Å². The first-order chi connectivity index (χ1) is 11.7. The molecule has 4 heterocycles. The van der Waals surface area contributed by atoms with E-state index in [0.29, 0.717) is 0 Å². The van der Waals surface area contributed by atoms with Crippen LogP contribution in [0.3, 0.4) is 0 Å². The molecular weight excluding hydrogens is 314 g/mol. The van der Waals surface area contributed by atoms with Gasteiger partial charge in [-0.25, -0.2) is 0 Å². The number of aromatic nitrogens is 3. The molecule has 0 saturated heterocycles. The van der Waals surface area contributed by atoms with Crippen LogP contribution in [0.2, 0.25) is 0 Å². The van der Waals surface area contributed by atoms with Crippen molar-refractivity contribution >= 4 is 22.2 Å². The molecule has 0 radical (unpaired) electrons. The van der Waals surface area contributed by atoms with Gasteiger partial charge in [-0.3, -0.25) is 9.97 Å². The number of pyridine rings is 2. The second kappa shape index (κ2) is 8.99. The van der Waals surface area contributed by atoms with Crippen molar-refractivity contribution in [3.05, 3.63) is 70.9 Å². The van der Waals surface area contributed by atoms with Gasteiger partial charge < -0.3 is 4.98 Å². The zero-order valence-electron chi connectivity index (χ0n) is 14.6. The van der Waals surface area contributed by atoms with Crippen LogP contribution in [0.25, 0.3) is 22.2 Å². The molecule has 0 aromatic carbocycles. The Morgan fingerprint density at radius 3 is 2.42 bits per heavy atom. The van der Waals surface area contributed by atoms with Gasteiger partial charge in [-0.05, 0) is 49.1 Å². The lowest BCUT2D eigenvalue weighted by molar-refractivity contribution is 1.24. The number of nitrogens with zero attached hydrogens (tertiary/aromatic N) is 2. The van der Waals surface area contributed by atoms with Crippen LogP contribution in [0.1, 0.15) is 25.1 Å². The molecule has 0 unspecified atom stereocenters. The van der Waals surface area contributed by atoms with E-state index < -0.39 is 0 Å². The molecule has 124 valence electrons. The second-order valence-corrected chi connectivity index (χ2v) is 5.86. The summed E-state index contributed by atoms with van der Waals surface area (Å²) in [5, 5.41) is 5.44. The fourth-order valence-electron chi connectivity index (χ4n) is 2.22. The third-order valence-electron chi connectivity index (χ3n) is 3.39. The maximum Gasteiger partial charge on any atom is 0.0492 e. The van der Waals surface area contributed by atoms with Gasteiger partial charge in [-0.15, -0.1) is 0 Å². The lowest BCUT2D eigenvalue weighted by atomic mass is 10.2. The van der Waals surface area contributed by atoms with E-state index in [4.69, 9.17) is 0 Å². The van der Waals surface area contributed by atoms with Gasteiger partial charge in [0.25, 0.3) is 0 Å². The number of fused-ring (bicyclic) bond motifs is 1. The third kappa shape index (κ3) is 4.52. The van der Waals surface area contributed by atoms with E-state index in [9.17, 15) is 0 Å². The largest absolute Gasteiger partial charge is 0.354 e. The van der Waals surface area contributed by atoms with Crippen molar-refractivity contribution in [2.24, 2.45) is 0 Å². The first-order valence-electron chi connectivity index (χ1n) is 8.07. The topological polar surface area (TPSA) is 41.6 Å². The third-order valence-corrected chi connectivity index (χ3v) is 4.07. The van der Waals surface area contributed by atoms with Gasteiger partial charge >= 0.3 is 0 Å². The molecule has 0 fully saturated rings. The van der Waals surface area contributed by atoms with Crippen LogP contribution in [-0.2, 0) is 0 Å². The Labute approximate surface area is 147 Å². The lowest BCUT2D eigenvalue weighted by Gasteiger charge is -1.91. The molecule has 4 aromatic heterocycles. The molecule has 4 aromatic rings. The predicted molar refractivity (Wildman–Crippen MR) is 104 cm³/mol. The SMILES string of the molecule is CC.Cc1cccnc1.Cc1nccc2[nH]c(-c3ccsc3)cc12. The van der Waals surface area contributed by atoms with Crippen LogP contribution in [0, 0.1) is 13.8 Å². The Kier molecular flexibility index (Phi) is 6.70. The van der Waals surface area contributed by atoms with Crippen molar-refractivity contribution in [3.8, 4) is 11.3 Å². The minimum Gasteiger partial charge on any atom is -0.354 e. The van der Waals surface area contributed by atoms with E-state index in [1.165, 1.54) is 22.2 Å². The van der Waals surface area contributed by atoms with E-state index in [2.05, 4.69) is 37.8 Å². The van der Waals surface area contributed by atoms with Crippen LogP contribution in [-0.4, -0.2) is 15.0 Å². The van der Waals surface area contributed by atoms with E-state index >= 15 is 0 Å². The minimum absolute atomic E-state index is 1.07. The molecule has 0 aliphatic carbocycles. The smallest absolute Gasteiger partial charge is 0.0492 e. The molecule has 4 rings (SSSR count). The fourth-order valence-corrected chi connectivity index (χ4v) is 2.87. The summed E-state index contributed by atoms with van der Waals surface area (Å²) in [5.41, 5.74) is 5.86. The number of hydrogen-bond donors (Lipinski definition) is 1. The highest BCUT2D eigenvalue weighted by molar-refractivity contribution is 7.08. The number of thiophene rings is 1. The average Bonchev–Trinajstić information content (AvgIpc) is 3.28. The first-order valence-corrected chi connectivity index (χ1v) is 9.02. The number of aromatic amines is 1. The van der Waals surface area contributed by atoms with E-state index in [0.717, 1.165) is 11.2 Å². The zero-order chi connectivity index (χ0) is 17.4. The number of aryl methyl sites for hydroxylation is 2.